The smallest absolute Gasteiger partial charge is 0.183 e. The van der Waals surface area contributed by atoms with E-state index in [1.165, 1.54) is 23.3 Å². The van der Waals surface area contributed by atoms with Gasteiger partial charge in [0.2, 0.25) is 0 Å². The highest BCUT2D eigenvalue weighted by Gasteiger charge is 2.22. The van der Waals surface area contributed by atoms with Gasteiger partial charge in [-0.15, -0.1) is 0 Å². The lowest BCUT2D eigenvalue weighted by Gasteiger charge is -1.97. The van der Waals surface area contributed by atoms with E-state index < -0.39 is 0 Å². The van der Waals surface area contributed by atoms with Gasteiger partial charge in [0.15, 0.2) is 5.13 Å². The molecule has 0 saturated heterocycles. The lowest BCUT2D eigenvalue weighted by molar-refractivity contribution is 1.12. The Morgan fingerprint density at radius 2 is 2.00 bits per heavy atom. The monoisotopic (exact) mass is 230 g/mol. The molecule has 1 aromatic heterocycles. The van der Waals surface area contributed by atoms with E-state index in [9.17, 15) is 0 Å². The second-order valence-corrected chi connectivity index (χ2v) is 5.22. The van der Waals surface area contributed by atoms with Crippen molar-refractivity contribution in [3.63, 3.8) is 0 Å². The van der Waals surface area contributed by atoms with Crippen molar-refractivity contribution in [3.8, 4) is 10.4 Å². The Morgan fingerprint density at radius 1 is 1.25 bits per heavy atom. The van der Waals surface area contributed by atoms with Gasteiger partial charge in [-0.2, -0.15) is 0 Å². The highest BCUT2D eigenvalue weighted by atomic mass is 32.1. The van der Waals surface area contributed by atoms with Crippen LogP contribution in [-0.2, 0) is 0 Å². The van der Waals surface area contributed by atoms with Gasteiger partial charge in [-0.3, -0.25) is 0 Å². The Labute approximate surface area is 99.4 Å². The molecule has 1 saturated carbocycles. The van der Waals surface area contributed by atoms with Crippen LogP contribution in [0.1, 0.15) is 18.5 Å². The van der Waals surface area contributed by atoms with Crippen molar-refractivity contribution in [2.24, 2.45) is 0 Å². The summed E-state index contributed by atoms with van der Waals surface area (Å²) in [5, 5.41) is 4.52. The Balaban J connectivity index is 1.91. The summed E-state index contributed by atoms with van der Waals surface area (Å²) in [6.45, 7) is 2.08. The van der Waals surface area contributed by atoms with E-state index >= 15 is 0 Å². The molecule has 3 heteroatoms. The number of hydrogen-bond donors (Lipinski definition) is 1. The Hall–Kier alpha value is -1.35. The fourth-order valence-electron chi connectivity index (χ4n) is 1.72. The minimum Gasteiger partial charge on any atom is -0.359 e. The minimum atomic E-state index is 0.675. The first-order valence-corrected chi connectivity index (χ1v) is 6.44. The summed E-state index contributed by atoms with van der Waals surface area (Å²) in [5.41, 5.74) is 2.39. The number of rotatable bonds is 3. The third-order valence-corrected chi connectivity index (χ3v) is 3.88. The van der Waals surface area contributed by atoms with Gasteiger partial charge in [-0.1, -0.05) is 41.7 Å². The third kappa shape index (κ3) is 1.95. The van der Waals surface area contributed by atoms with Crippen LogP contribution in [0.5, 0.6) is 0 Å². The molecule has 0 radical (unpaired) electrons. The molecule has 2 nitrogen and oxygen atoms in total. The molecular formula is C13H14N2S. The molecule has 1 aliphatic rings. The molecule has 3 rings (SSSR count). The number of aryl methyl sites for hydroxylation is 1. The quantitative estimate of drug-likeness (QED) is 0.869. The molecule has 0 spiro atoms. The molecule has 82 valence electrons. The van der Waals surface area contributed by atoms with Crippen molar-refractivity contribution in [2.45, 2.75) is 25.8 Å². The summed E-state index contributed by atoms with van der Waals surface area (Å²) in [6.07, 6.45) is 2.58. The summed E-state index contributed by atoms with van der Waals surface area (Å²) >= 11 is 1.76. The van der Waals surface area contributed by atoms with Gasteiger partial charge in [0, 0.05) is 6.04 Å². The summed E-state index contributed by atoms with van der Waals surface area (Å²) in [4.78, 5) is 5.86. The van der Waals surface area contributed by atoms with Crippen LogP contribution in [0.2, 0.25) is 0 Å². The standard InChI is InChI=1S/C13H14N2S/c1-9-12(10-5-3-2-4-6-10)16-13(14-9)15-11-7-8-11/h2-6,11H,7-8H2,1H3,(H,14,15). The van der Waals surface area contributed by atoms with E-state index in [2.05, 4.69) is 41.5 Å². The molecule has 16 heavy (non-hydrogen) atoms. The van der Waals surface area contributed by atoms with E-state index in [1.807, 2.05) is 6.07 Å². The normalized spacial score (nSPS) is 15.1. The maximum atomic E-state index is 4.57. The zero-order valence-corrected chi connectivity index (χ0v) is 10.1. The maximum absolute atomic E-state index is 4.57. The molecular weight excluding hydrogens is 216 g/mol. The van der Waals surface area contributed by atoms with Crippen molar-refractivity contribution in [1.29, 1.82) is 0 Å². The first kappa shape index (κ1) is 9.85. The molecule has 1 N–H and O–H groups in total. The first-order chi connectivity index (χ1) is 7.83. The van der Waals surface area contributed by atoms with Gasteiger partial charge in [0.25, 0.3) is 0 Å². The number of nitrogens with zero attached hydrogens (tertiary/aromatic N) is 1. The van der Waals surface area contributed by atoms with Crippen LogP contribution in [-0.4, -0.2) is 11.0 Å². The molecule has 1 heterocycles. The van der Waals surface area contributed by atoms with Gasteiger partial charge in [0.05, 0.1) is 10.6 Å². The zero-order valence-electron chi connectivity index (χ0n) is 9.23. The Kier molecular flexibility index (Phi) is 2.40. The van der Waals surface area contributed by atoms with E-state index in [1.54, 1.807) is 11.3 Å². The Bertz CT molecular complexity index is 486. The fraction of sp³-hybridized carbons (Fsp3) is 0.308. The molecule has 1 aliphatic carbocycles. The molecule has 0 unspecified atom stereocenters. The SMILES string of the molecule is Cc1nc(NC2CC2)sc1-c1ccccc1. The number of thiazole rings is 1. The summed E-state index contributed by atoms with van der Waals surface area (Å²) < 4.78 is 0. The third-order valence-electron chi connectivity index (χ3n) is 2.74. The average Bonchev–Trinajstić information content (AvgIpc) is 3.03. The number of benzene rings is 1. The van der Waals surface area contributed by atoms with Crippen LogP contribution < -0.4 is 5.32 Å². The van der Waals surface area contributed by atoms with E-state index in [-0.39, 0.29) is 0 Å². The molecule has 0 aliphatic heterocycles. The lowest BCUT2D eigenvalue weighted by Crippen LogP contribution is -1.99. The molecule has 2 aromatic rings. The average molecular weight is 230 g/mol. The van der Waals surface area contributed by atoms with Crippen molar-refractivity contribution in [2.75, 3.05) is 5.32 Å². The summed E-state index contributed by atoms with van der Waals surface area (Å²) in [6, 6.07) is 11.1. The van der Waals surface area contributed by atoms with Crippen molar-refractivity contribution < 1.29 is 0 Å². The highest BCUT2D eigenvalue weighted by Crippen LogP contribution is 2.34. The zero-order chi connectivity index (χ0) is 11.0. The summed E-state index contributed by atoms with van der Waals surface area (Å²) in [7, 11) is 0. The second kappa shape index (κ2) is 3.91. The van der Waals surface area contributed by atoms with Crippen LogP contribution in [0.4, 0.5) is 5.13 Å². The first-order valence-electron chi connectivity index (χ1n) is 5.62. The molecule has 1 fully saturated rings. The van der Waals surface area contributed by atoms with Crippen LogP contribution in [0.25, 0.3) is 10.4 Å². The molecule has 0 amide bonds. The second-order valence-electron chi connectivity index (χ2n) is 4.22. The minimum absolute atomic E-state index is 0.675. The fourth-order valence-corrected chi connectivity index (χ4v) is 2.77. The predicted molar refractivity (Wildman–Crippen MR) is 68.9 cm³/mol. The van der Waals surface area contributed by atoms with Crippen LogP contribution in [0, 0.1) is 6.92 Å². The van der Waals surface area contributed by atoms with Gasteiger partial charge in [-0.25, -0.2) is 4.98 Å². The van der Waals surface area contributed by atoms with Crippen molar-refractivity contribution in [3.05, 3.63) is 36.0 Å². The van der Waals surface area contributed by atoms with Crippen molar-refractivity contribution >= 4 is 16.5 Å². The van der Waals surface area contributed by atoms with Gasteiger partial charge in [-0.05, 0) is 25.3 Å². The van der Waals surface area contributed by atoms with E-state index in [0.717, 1.165) is 10.8 Å². The van der Waals surface area contributed by atoms with Gasteiger partial charge < -0.3 is 5.32 Å². The Morgan fingerprint density at radius 3 is 2.69 bits per heavy atom. The van der Waals surface area contributed by atoms with Crippen LogP contribution in [0.15, 0.2) is 30.3 Å². The van der Waals surface area contributed by atoms with Gasteiger partial charge in [0.1, 0.15) is 0 Å². The highest BCUT2D eigenvalue weighted by molar-refractivity contribution is 7.19. The predicted octanol–water partition coefficient (Wildman–Crippen LogP) is 3.69. The number of nitrogens with one attached hydrogen (secondary N) is 1. The van der Waals surface area contributed by atoms with Crippen molar-refractivity contribution in [1.82, 2.24) is 4.98 Å². The maximum Gasteiger partial charge on any atom is 0.183 e. The van der Waals surface area contributed by atoms with E-state index in [4.69, 9.17) is 0 Å². The molecule has 0 bridgehead atoms. The molecule has 0 atom stereocenters. The number of anilines is 1. The number of hydrogen-bond acceptors (Lipinski definition) is 3. The topological polar surface area (TPSA) is 24.9 Å². The molecule has 1 aromatic carbocycles. The lowest BCUT2D eigenvalue weighted by atomic mass is 10.2. The van der Waals surface area contributed by atoms with Crippen LogP contribution >= 0.6 is 11.3 Å². The van der Waals surface area contributed by atoms with Gasteiger partial charge >= 0.3 is 0 Å². The number of aromatic nitrogens is 1. The van der Waals surface area contributed by atoms with Crippen LogP contribution in [0.3, 0.4) is 0 Å². The summed E-state index contributed by atoms with van der Waals surface area (Å²) in [5.74, 6) is 0. The largest absolute Gasteiger partial charge is 0.359 e. The van der Waals surface area contributed by atoms with E-state index in [0.29, 0.717) is 6.04 Å².